The van der Waals surface area contributed by atoms with Crippen molar-refractivity contribution in [3.63, 3.8) is 0 Å². The minimum Gasteiger partial charge on any atom is -0.465 e. The minimum atomic E-state index is -0.302. The first kappa shape index (κ1) is 16.3. The zero-order valence-corrected chi connectivity index (χ0v) is 13.6. The molecule has 0 spiro atoms. The van der Waals surface area contributed by atoms with E-state index in [9.17, 15) is 4.79 Å². The Bertz CT molecular complexity index is 611. The van der Waals surface area contributed by atoms with E-state index in [0.717, 1.165) is 42.6 Å². The normalized spacial score (nSPS) is 10.7. The van der Waals surface area contributed by atoms with Gasteiger partial charge in [0, 0.05) is 12.0 Å². The lowest BCUT2D eigenvalue weighted by Crippen LogP contribution is -2.06. The SMILES string of the molecule is CCCCCc1oc(C)c(C(=O)OCC)c1-c1ccccc1. The predicted molar refractivity (Wildman–Crippen MR) is 88.1 cm³/mol. The molecule has 1 aromatic heterocycles. The van der Waals surface area contributed by atoms with Gasteiger partial charge in [-0.25, -0.2) is 4.79 Å². The van der Waals surface area contributed by atoms with Crippen molar-refractivity contribution in [2.75, 3.05) is 6.61 Å². The van der Waals surface area contributed by atoms with Gasteiger partial charge in [0.05, 0.1) is 6.61 Å². The molecule has 0 fully saturated rings. The number of aryl methyl sites for hydroxylation is 2. The van der Waals surface area contributed by atoms with Crippen LogP contribution in [-0.2, 0) is 11.2 Å². The topological polar surface area (TPSA) is 39.4 Å². The molecule has 0 aliphatic carbocycles. The molecule has 0 atom stereocenters. The van der Waals surface area contributed by atoms with E-state index in [2.05, 4.69) is 6.92 Å². The van der Waals surface area contributed by atoms with Crippen LogP contribution in [0.5, 0.6) is 0 Å². The number of rotatable bonds is 7. The second kappa shape index (κ2) is 7.83. The predicted octanol–water partition coefficient (Wildman–Crippen LogP) is 5.16. The van der Waals surface area contributed by atoms with Gasteiger partial charge in [-0.3, -0.25) is 0 Å². The molecular formula is C19H24O3. The number of hydrogen-bond donors (Lipinski definition) is 0. The Morgan fingerprint density at radius 1 is 1.14 bits per heavy atom. The van der Waals surface area contributed by atoms with Gasteiger partial charge in [-0.2, -0.15) is 0 Å². The molecule has 118 valence electrons. The highest BCUT2D eigenvalue weighted by molar-refractivity contribution is 5.99. The van der Waals surface area contributed by atoms with Gasteiger partial charge in [0.1, 0.15) is 17.1 Å². The molecule has 0 bridgehead atoms. The van der Waals surface area contributed by atoms with Crippen molar-refractivity contribution in [3.8, 4) is 11.1 Å². The number of furan rings is 1. The van der Waals surface area contributed by atoms with Crippen LogP contribution < -0.4 is 0 Å². The number of carbonyl (C=O) groups excluding carboxylic acids is 1. The molecule has 3 nitrogen and oxygen atoms in total. The quantitative estimate of drug-likeness (QED) is 0.523. The minimum absolute atomic E-state index is 0.302. The van der Waals surface area contributed by atoms with E-state index in [-0.39, 0.29) is 5.97 Å². The summed E-state index contributed by atoms with van der Waals surface area (Å²) in [7, 11) is 0. The largest absolute Gasteiger partial charge is 0.465 e. The molecule has 0 saturated heterocycles. The molecule has 3 heteroatoms. The van der Waals surface area contributed by atoms with E-state index in [1.165, 1.54) is 0 Å². The highest BCUT2D eigenvalue weighted by Crippen LogP contribution is 2.34. The highest BCUT2D eigenvalue weighted by Gasteiger charge is 2.25. The zero-order valence-electron chi connectivity index (χ0n) is 13.6. The monoisotopic (exact) mass is 300 g/mol. The van der Waals surface area contributed by atoms with Crippen LogP contribution in [0.25, 0.3) is 11.1 Å². The van der Waals surface area contributed by atoms with Crippen molar-refractivity contribution >= 4 is 5.97 Å². The van der Waals surface area contributed by atoms with Crippen molar-refractivity contribution in [2.45, 2.75) is 46.5 Å². The molecule has 0 aliphatic rings. The van der Waals surface area contributed by atoms with E-state index < -0.39 is 0 Å². The number of hydrogen-bond acceptors (Lipinski definition) is 3. The fourth-order valence-corrected chi connectivity index (χ4v) is 2.67. The summed E-state index contributed by atoms with van der Waals surface area (Å²) in [6.45, 7) is 6.19. The van der Waals surface area contributed by atoms with Crippen LogP contribution in [0.1, 0.15) is 55.0 Å². The summed E-state index contributed by atoms with van der Waals surface area (Å²) in [5.74, 6) is 1.23. The average molecular weight is 300 g/mol. The first-order chi connectivity index (χ1) is 10.7. The summed E-state index contributed by atoms with van der Waals surface area (Å²) in [4.78, 5) is 12.3. The molecule has 1 aromatic carbocycles. The maximum atomic E-state index is 12.3. The van der Waals surface area contributed by atoms with Crippen LogP contribution in [0.4, 0.5) is 0 Å². The fourth-order valence-electron chi connectivity index (χ4n) is 2.67. The van der Waals surface area contributed by atoms with Gasteiger partial charge in [-0.1, -0.05) is 50.1 Å². The van der Waals surface area contributed by atoms with Crippen LogP contribution in [0.3, 0.4) is 0 Å². The summed E-state index contributed by atoms with van der Waals surface area (Å²) in [6, 6.07) is 9.94. The summed E-state index contributed by atoms with van der Waals surface area (Å²) in [5, 5.41) is 0. The van der Waals surface area contributed by atoms with Crippen LogP contribution >= 0.6 is 0 Å². The van der Waals surface area contributed by atoms with E-state index >= 15 is 0 Å². The van der Waals surface area contributed by atoms with Crippen molar-refractivity contribution in [2.24, 2.45) is 0 Å². The second-order valence-corrected chi connectivity index (χ2v) is 5.38. The number of benzene rings is 1. The van der Waals surface area contributed by atoms with Crippen molar-refractivity contribution in [1.82, 2.24) is 0 Å². The fraction of sp³-hybridized carbons (Fsp3) is 0.421. The van der Waals surface area contributed by atoms with Crippen molar-refractivity contribution in [3.05, 3.63) is 47.4 Å². The third kappa shape index (κ3) is 3.59. The van der Waals surface area contributed by atoms with E-state index in [0.29, 0.717) is 17.9 Å². The number of carbonyl (C=O) groups is 1. The van der Waals surface area contributed by atoms with Gasteiger partial charge in [-0.15, -0.1) is 0 Å². The Morgan fingerprint density at radius 2 is 1.86 bits per heavy atom. The van der Waals surface area contributed by atoms with Crippen molar-refractivity contribution < 1.29 is 13.9 Å². The lowest BCUT2D eigenvalue weighted by Gasteiger charge is -2.06. The molecular weight excluding hydrogens is 276 g/mol. The Labute approximate surface area is 132 Å². The summed E-state index contributed by atoms with van der Waals surface area (Å²) in [5.41, 5.74) is 2.47. The first-order valence-corrected chi connectivity index (χ1v) is 8.03. The summed E-state index contributed by atoms with van der Waals surface area (Å²) >= 11 is 0. The Balaban J connectivity index is 2.46. The lowest BCUT2D eigenvalue weighted by atomic mass is 9.98. The first-order valence-electron chi connectivity index (χ1n) is 8.03. The number of unbranched alkanes of at least 4 members (excludes halogenated alkanes) is 2. The number of ether oxygens (including phenoxy) is 1. The van der Waals surface area contributed by atoms with Gasteiger partial charge in [0.25, 0.3) is 0 Å². The van der Waals surface area contributed by atoms with Gasteiger partial charge >= 0.3 is 5.97 Å². The van der Waals surface area contributed by atoms with Crippen molar-refractivity contribution in [1.29, 1.82) is 0 Å². The average Bonchev–Trinajstić information content (AvgIpc) is 2.85. The Morgan fingerprint density at radius 3 is 2.50 bits per heavy atom. The molecule has 0 N–H and O–H groups in total. The maximum absolute atomic E-state index is 12.3. The lowest BCUT2D eigenvalue weighted by molar-refractivity contribution is 0.0525. The summed E-state index contributed by atoms with van der Waals surface area (Å²) in [6.07, 6.45) is 4.22. The Kier molecular flexibility index (Phi) is 5.82. The molecule has 2 aromatic rings. The molecule has 2 rings (SSSR count). The molecule has 0 aliphatic heterocycles. The van der Waals surface area contributed by atoms with E-state index in [4.69, 9.17) is 9.15 Å². The molecule has 0 saturated carbocycles. The number of esters is 1. The molecule has 0 radical (unpaired) electrons. The summed E-state index contributed by atoms with van der Waals surface area (Å²) < 4.78 is 11.1. The van der Waals surface area contributed by atoms with Crippen LogP contribution in [0.2, 0.25) is 0 Å². The van der Waals surface area contributed by atoms with Gasteiger partial charge in [0.15, 0.2) is 0 Å². The van der Waals surface area contributed by atoms with Crippen LogP contribution in [-0.4, -0.2) is 12.6 Å². The van der Waals surface area contributed by atoms with E-state index in [1.54, 1.807) is 0 Å². The van der Waals surface area contributed by atoms with Crippen LogP contribution in [0.15, 0.2) is 34.7 Å². The van der Waals surface area contributed by atoms with Gasteiger partial charge in [-0.05, 0) is 25.8 Å². The Hall–Kier alpha value is -2.03. The third-order valence-electron chi connectivity index (χ3n) is 3.71. The van der Waals surface area contributed by atoms with E-state index in [1.807, 2.05) is 44.2 Å². The third-order valence-corrected chi connectivity index (χ3v) is 3.71. The molecule has 1 heterocycles. The van der Waals surface area contributed by atoms with Gasteiger partial charge < -0.3 is 9.15 Å². The van der Waals surface area contributed by atoms with Gasteiger partial charge in [0.2, 0.25) is 0 Å². The smallest absolute Gasteiger partial charge is 0.342 e. The second-order valence-electron chi connectivity index (χ2n) is 5.38. The highest BCUT2D eigenvalue weighted by atomic mass is 16.5. The molecule has 0 unspecified atom stereocenters. The molecule has 0 amide bonds. The van der Waals surface area contributed by atoms with Crippen LogP contribution in [0, 0.1) is 6.92 Å². The standard InChI is InChI=1S/C19H24O3/c1-4-6-8-13-16-18(15-11-9-7-10-12-15)17(14(3)22-16)19(20)21-5-2/h7,9-12H,4-6,8,13H2,1-3H3. The molecule has 22 heavy (non-hydrogen) atoms. The maximum Gasteiger partial charge on any atom is 0.342 e. The zero-order chi connectivity index (χ0) is 15.9.